The molecule has 1 heterocycles. The number of morpholine rings is 1. The molecule has 1 fully saturated rings. The number of benzene rings is 1. The van der Waals surface area contributed by atoms with Gasteiger partial charge in [-0.3, -0.25) is 0 Å². The second kappa shape index (κ2) is 5.47. The van der Waals surface area contributed by atoms with E-state index in [-0.39, 0.29) is 17.5 Å². The Morgan fingerprint density at radius 1 is 1.47 bits per heavy atom. The van der Waals surface area contributed by atoms with Gasteiger partial charge < -0.3 is 15.4 Å². The van der Waals surface area contributed by atoms with Gasteiger partial charge >= 0.3 is 0 Å². The molecule has 4 heteroatoms. The highest BCUT2D eigenvalue weighted by atomic mass is 19.1. The van der Waals surface area contributed by atoms with Gasteiger partial charge in [0, 0.05) is 19.1 Å². The Labute approximate surface area is 114 Å². The molecular weight excluding hydrogens is 243 g/mol. The van der Waals surface area contributed by atoms with Crippen LogP contribution in [0.15, 0.2) is 18.2 Å². The summed E-state index contributed by atoms with van der Waals surface area (Å²) in [6.45, 7) is 8.05. The first-order chi connectivity index (χ1) is 8.89. The molecule has 1 aromatic carbocycles. The summed E-state index contributed by atoms with van der Waals surface area (Å²) in [4.78, 5) is 2.08. The first-order valence-corrected chi connectivity index (χ1v) is 6.81. The molecule has 1 atom stereocenters. The second-order valence-electron chi connectivity index (χ2n) is 5.96. The smallest absolute Gasteiger partial charge is 0.146 e. The van der Waals surface area contributed by atoms with Gasteiger partial charge in [-0.05, 0) is 38.8 Å². The lowest BCUT2D eigenvalue weighted by atomic mass is 10.0. The van der Waals surface area contributed by atoms with E-state index in [1.54, 1.807) is 6.07 Å². The van der Waals surface area contributed by atoms with Crippen LogP contribution in [0.2, 0.25) is 0 Å². The largest absolute Gasteiger partial charge is 0.372 e. The second-order valence-corrected chi connectivity index (χ2v) is 5.96. The molecule has 0 aromatic heterocycles. The number of nitrogens with zero attached hydrogens (tertiary/aromatic N) is 1. The minimum Gasteiger partial charge on any atom is -0.372 e. The van der Waals surface area contributed by atoms with E-state index in [4.69, 9.17) is 10.5 Å². The van der Waals surface area contributed by atoms with Crippen LogP contribution in [-0.4, -0.2) is 31.3 Å². The molecule has 0 saturated carbocycles. The van der Waals surface area contributed by atoms with E-state index in [9.17, 15) is 4.39 Å². The van der Waals surface area contributed by atoms with Gasteiger partial charge in [0.2, 0.25) is 0 Å². The first kappa shape index (κ1) is 14.3. The maximum Gasteiger partial charge on any atom is 0.146 e. The lowest BCUT2D eigenvalue weighted by molar-refractivity contribution is -0.0278. The molecule has 3 nitrogen and oxygen atoms in total. The summed E-state index contributed by atoms with van der Waals surface area (Å²) < 4.78 is 19.9. The van der Waals surface area contributed by atoms with Crippen LogP contribution in [0, 0.1) is 5.82 Å². The summed E-state index contributed by atoms with van der Waals surface area (Å²) in [5.74, 6) is -0.171. The van der Waals surface area contributed by atoms with Crippen LogP contribution >= 0.6 is 0 Å². The number of anilines is 1. The summed E-state index contributed by atoms with van der Waals surface area (Å²) in [6.07, 6.45) is 0.685. The summed E-state index contributed by atoms with van der Waals surface area (Å²) >= 11 is 0. The van der Waals surface area contributed by atoms with Crippen LogP contribution in [0.4, 0.5) is 10.1 Å². The van der Waals surface area contributed by atoms with Gasteiger partial charge in [0.1, 0.15) is 5.82 Å². The molecule has 19 heavy (non-hydrogen) atoms. The van der Waals surface area contributed by atoms with Crippen LogP contribution in [-0.2, 0) is 11.2 Å². The van der Waals surface area contributed by atoms with E-state index >= 15 is 0 Å². The predicted molar refractivity (Wildman–Crippen MR) is 76.0 cm³/mol. The minimum absolute atomic E-state index is 0.0228. The molecule has 1 aromatic rings. The van der Waals surface area contributed by atoms with Crippen molar-refractivity contribution >= 4 is 5.69 Å². The molecule has 1 unspecified atom stereocenters. The van der Waals surface area contributed by atoms with Crippen molar-refractivity contribution in [2.24, 2.45) is 5.73 Å². The number of para-hydroxylation sites is 1. The number of hydrogen-bond acceptors (Lipinski definition) is 3. The first-order valence-electron chi connectivity index (χ1n) is 6.81. The molecule has 0 radical (unpaired) electrons. The molecule has 1 aliphatic rings. The molecule has 1 aliphatic heterocycles. The SMILES string of the molecule is CC(N)Cc1cccc(F)c1N1CCOC(C)(C)C1. The van der Waals surface area contributed by atoms with Crippen molar-refractivity contribution in [1.29, 1.82) is 0 Å². The third-order valence-electron chi connectivity index (χ3n) is 3.35. The third kappa shape index (κ3) is 3.45. The van der Waals surface area contributed by atoms with E-state index < -0.39 is 0 Å². The highest BCUT2D eigenvalue weighted by Crippen LogP contribution is 2.29. The van der Waals surface area contributed by atoms with Crippen molar-refractivity contribution in [3.63, 3.8) is 0 Å². The Hall–Kier alpha value is -1.13. The summed E-state index contributed by atoms with van der Waals surface area (Å²) in [7, 11) is 0. The number of ether oxygens (including phenoxy) is 1. The maximum atomic E-state index is 14.2. The van der Waals surface area contributed by atoms with Crippen molar-refractivity contribution in [2.45, 2.75) is 38.8 Å². The van der Waals surface area contributed by atoms with E-state index in [0.29, 0.717) is 25.3 Å². The van der Waals surface area contributed by atoms with Crippen LogP contribution in [0.3, 0.4) is 0 Å². The Morgan fingerprint density at radius 3 is 2.84 bits per heavy atom. The maximum absolute atomic E-state index is 14.2. The lowest BCUT2D eigenvalue weighted by Crippen LogP contribution is -2.49. The fourth-order valence-electron chi connectivity index (χ4n) is 2.63. The highest BCUT2D eigenvalue weighted by Gasteiger charge is 2.29. The van der Waals surface area contributed by atoms with Crippen LogP contribution in [0.1, 0.15) is 26.3 Å². The zero-order chi connectivity index (χ0) is 14.0. The number of halogens is 1. The zero-order valence-electron chi connectivity index (χ0n) is 11.9. The van der Waals surface area contributed by atoms with Crippen molar-refractivity contribution in [3.05, 3.63) is 29.6 Å². The van der Waals surface area contributed by atoms with Gasteiger partial charge in [-0.2, -0.15) is 0 Å². The van der Waals surface area contributed by atoms with Gasteiger partial charge in [0.05, 0.1) is 17.9 Å². The van der Waals surface area contributed by atoms with Crippen molar-refractivity contribution in [2.75, 3.05) is 24.6 Å². The van der Waals surface area contributed by atoms with Gasteiger partial charge in [0.15, 0.2) is 0 Å². The average Bonchev–Trinajstić information content (AvgIpc) is 2.26. The third-order valence-corrected chi connectivity index (χ3v) is 3.35. The Morgan fingerprint density at radius 2 is 2.21 bits per heavy atom. The van der Waals surface area contributed by atoms with Gasteiger partial charge in [-0.15, -0.1) is 0 Å². The normalized spacial score (nSPS) is 20.4. The van der Waals surface area contributed by atoms with Gasteiger partial charge in [-0.25, -0.2) is 4.39 Å². The molecule has 1 saturated heterocycles. The molecule has 0 spiro atoms. The predicted octanol–water partition coefficient (Wildman–Crippen LogP) is 2.33. The zero-order valence-corrected chi connectivity index (χ0v) is 11.9. The quantitative estimate of drug-likeness (QED) is 0.912. The van der Waals surface area contributed by atoms with E-state index in [0.717, 1.165) is 12.1 Å². The van der Waals surface area contributed by atoms with Crippen molar-refractivity contribution < 1.29 is 9.13 Å². The fraction of sp³-hybridized carbons (Fsp3) is 0.600. The molecule has 0 amide bonds. The summed E-state index contributed by atoms with van der Waals surface area (Å²) in [6, 6.07) is 5.25. The number of rotatable bonds is 3. The standard InChI is InChI=1S/C15H23FN2O/c1-11(17)9-12-5-4-6-13(16)14(12)18-7-8-19-15(2,3)10-18/h4-6,11H,7-10,17H2,1-3H3. The average molecular weight is 266 g/mol. The van der Waals surface area contributed by atoms with Crippen molar-refractivity contribution in [3.8, 4) is 0 Å². The van der Waals surface area contributed by atoms with E-state index in [1.165, 1.54) is 6.07 Å². The Bertz CT molecular complexity index is 446. The Balaban J connectivity index is 2.32. The van der Waals surface area contributed by atoms with E-state index in [1.807, 2.05) is 26.8 Å². The van der Waals surface area contributed by atoms with Gasteiger partial charge in [-0.1, -0.05) is 12.1 Å². The topological polar surface area (TPSA) is 38.5 Å². The van der Waals surface area contributed by atoms with Crippen molar-refractivity contribution in [1.82, 2.24) is 0 Å². The van der Waals surface area contributed by atoms with E-state index in [2.05, 4.69) is 4.90 Å². The molecule has 2 N–H and O–H groups in total. The summed E-state index contributed by atoms with van der Waals surface area (Å²) in [5, 5.41) is 0. The molecule has 2 rings (SSSR count). The Kier molecular flexibility index (Phi) is 4.11. The highest BCUT2D eigenvalue weighted by molar-refractivity contribution is 5.55. The lowest BCUT2D eigenvalue weighted by Gasteiger charge is -2.40. The van der Waals surface area contributed by atoms with Gasteiger partial charge in [0.25, 0.3) is 0 Å². The molecule has 0 bridgehead atoms. The van der Waals surface area contributed by atoms with Crippen LogP contribution in [0.5, 0.6) is 0 Å². The number of hydrogen-bond donors (Lipinski definition) is 1. The molecule has 0 aliphatic carbocycles. The monoisotopic (exact) mass is 266 g/mol. The summed E-state index contributed by atoms with van der Waals surface area (Å²) in [5.41, 5.74) is 7.29. The minimum atomic E-state index is -0.244. The molecule has 106 valence electrons. The molecular formula is C15H23FN2O. The van der Waals surface area contributed by atoms with Crippen LogP contribution < -0.4 is 10.6 Å². The van der Waals surface area contributed by atoms with Crippen LogP contribution in [0.25, 0.3) is 0 Å². The number of nitrogens with two attached hydrogens (primary N) is 1. The fourth-order valence-corrected chi connectivity index (χ4v) is 2.63.